The van der Waals surface area contributed by atoms with Crippen LogP contribution in [0, 0.1) is 6.92 Å². The number of hydrogen-bond donors (Lipinski definition) is 0. The summed E-state index contributed by atoms with van der Waals surface area (Å²) in [5, 5.41) is 0.841. The van der Waals surface area contributed by atoms with E-state index in [4.69, 9.17) is 4.74 Å². The van der Waals surface area contributed by atoms with Gasteiger partial charge in [0.05, 0.1) is 4.47 Å². The normalized spacial score (nSPS) is 10.4. The SMILES string of the molecule is Cc1cncc(COc2ccc(CBr)cc2Br)c1. The van der Waals surface area contributed by atoms with Gasteiger partial charge in [-0.15, -0.1) is 0 Å². The quantitative estimate of drug-likeness (QED) is 0.732. The molecule has 0 aliphatic rings. The van der Waals surface area contributed by atoms with Crippen molar-refractivity contribution in [1.29, 1.82) is 0 Å². The van der Waals surface area contributed by atoms with Gasteiger partial charge in [-0.05, 0) is 52.2 Å². The van der Waals surface area contributed by atoms with Gasteiger partial charge in [0.15, 0.2) is 0 Å². The molecule has 0 radical (unpaired) electrons. The minimum Gasteiger partial charge on any atom is -0.488 e. The van der Waals surface area contributed by atoms with Gasteiger partial charge in [0.25, 0.3) is 0 Å². The molecule has 0 amide bonds. The number of pyridine rings is 1. The summed E-state index contributed by atoms with van der Waals surface area (Å²) in [6, 6.07) is 8.15. The monoisotopic (exact) mass is 369 g/mol. The van der Waals surface area contributed by atoms with Crippen LogP contribution < -0.4 is 4.74 Å². The van der Waals surface area contributed by atoms with E-state index in [-0.39, 0.29) is 0 Å². The maximum absolute atomic E-state index is 5.78. The number of halogens is 2. The van der Waals surface area contributed by atoms with Crippen molar-refractivity contribution in [2.75, 3.05) is 0 Å². The van der Waals surface area contributed by atoms with Gasteiger partial charge in [-0.2, -0.15) is 0 Å². The summed E-state index contributed by atoms with van der Waals surface area (Å²) in [4.78, 5) is 4.15. The predicted octanol–water partition coefficient (Wildman–Crippen LogP) is 4.63. The lowest BCUT2D eigenvalue weighted by Gasteiger charge is -2.09. The van der Waals surface area contributed by atoms with E-state index in [1.54, 1.807) is 0 Å². The molecule has 0 atom stereocenters. The molecule has 0 fully saturated rings. The Morgan fingerprint density at radius 3 is 2.67 bits per heavy atom. The number of benzene rings is 1. The zero-order chi connectivity index (χ0) is 13.0. The minimum absolute atomic E-state index is 0.529. The van der Waals surface area contributed by atoms with Crippen LogP contribution in [0.3, 0.4) is 0 Å². The van der Waals surface area contributed by atoms with E-state index < -0.39 is 0 Å². The van der Waals surface area contributed by atoms with Crippen molar-refractivity contribution in [1.82, 2.24) is 4.98 Å². The largest absolute Gasteiger partial charge is 0.488 e. The van der Waals surface area contributed by atoms with Crippen molar-refractivity contribution in [3.05, 3.63) is 57.8 Å². The molecule has 0 unspecified atom stereocenters. The number of aromatic nitrogens is 1. The van der Waals surface area contributed by atoms with E-state index in [0.29, 0.717) is 6.61 Å². The van der Waals surface area contributed by atoms with E-state index in [0.717, 1.165) is 26.7 Å². The summed E-state index contributed by atoms with van der Waals surface area (Å²) in [7, 11) is 0. The molecule has 4 heteroatoms. The Bertz CT molecular complexity index is 543. The highest BCUT2D eigenvalue weighted by Gasteiger charge is 2.03. The second kappa shape index (κ2) is 6.34. The van der Waals surface area contributed by atoms with Gasteiger partial charge >= 0.3 is 0 Å². The van der Waals surface area contributed by atoms with Crippen LogP contribution in [0.5, 0.6) is 5.75 Å². The first kappa shape index (κ1) is 13.6. The maximum atomic E-state index is 5.78. The average molecular weight is 371 g/mol. The van der Waals surface area contributed by atoms with Crippen molar-refractivity contribution >= 4 is 31.9 Å². The van der Waals surface area contributed by atoms with E-state index in [1.165, 1.54) is 5.56 Å². The molecule has 2 rings (SSSR count). The third-order valence-electron chi connectivity index (χ3n) is 2.48. The Morgan fingerprint density at radius 1 is 1.17 bits per heavy atom. The van der Waals surface area contributed by atoms with Crippen LogP contribution in [0.2, 0.25) is 0 Å². The summed E-state index contributed by atoms with van der Waals surface area (Å²) in [5.74, 6) is 0.848. The predicted molar refractivity (Wildman–Crippen MR) is 80.1 cm³/mol. The van der Waals surface area contributed by atoms with Crippen LogP contribution in [0.4, 0.5) is 0 Å². The van der Waals surface area contributed by atoms with Crippen molar-refractivity contribution in [2.45, 2.75) is 18.9 Å². The summed E-state index contributed by atoms with van der Waals surface area (Å²) in [6.45, 7) is 2.55. The Balaban J connectivity index is 2.06. The number of hydrogen-bond acceptors (Lipinski definition) is 2. The Kier molecular flexibility index (Phi) is 4.78. The van der Waals surface area contributed by atoms with Crippen molar-refractivity contribution < 1.29 is 4.74 Å². The van der Waals surface area contributed by atoms with Crippen LogP contribution in [0.25, 0.3) is 0 Å². The van der Waals surface area contributed by atoms with Crippen molar-refractivity contribution in [3.8, 4) is 5.75 Å². The summed E-state index contributed by atoms with van der Waals surface area (Å²) in [6.07, 6.45) is 3.66. The van der Waals surface area contributed by atoms with Gasteiger partial charge in [-0.1, -0.05) is 22.0 Å². The number of alkyl halides is 1. The van der Waals surface area contributed by atoms with Crippen LogP contribution in [0.1, 0.15) is 16.7 Å². The molecule has 0 saturated carbocycles. The molecule has 0 spiro atoms. The molecule has 18 heavy (non-hydrogen) atoms. The summed E-state index contributed by atoms with van der Waals surface area (Å²) < 4.78 is 6.75. The zero-order valence-corrected chi connectivity index (χ0v) is 13.2. The number of aryl methyl sites for hydroxylation is 1. The van der Waals surface area contributed by atoms with Crippen molar-refractivity contribution in [2.24, 2.45) is 0 Å². The highest BCUT2D eigenvalue weighted by molar-refractivity contribution is 9.10. The lowest BCUT2D eigenvalue weighted by Crippen LogP contribution is -1.97. The van der Waals surface area contributed by atoms with Gasteiger partial charge in [-0.3, -0.25) is 4.98 Å². The van der Waals surface area contributed by atoms with Crippen LogP contribution in [-0.2, 0) is 11.9 Å². The maximum Gasteiger partial charge on any atom is 0.134 e. The van der Waals surface area contributed by atoms with Gasteiger partial charge in [0.1, 0.15) is 12.4 Å². The van der Waals surface area contributed by atoms with Gasteiger partial charge in [0.2, 0.25) is 0 Å². The van der Waals surface area contributed by atoms with Crippen LogP contribution in [0.15, 0.2) is 41.1 Å². The van der Waals surface area contributed by atoms with Crippen LogP contribution in [-0.4, -0.2) is 4.98 Å². The first-order chi connectivity index (χ1) is 8.69. The van der Waals surface area contributed by atoms with E-state index in [2.05, 4.69) is 49.0 Å². The fourth-order valence-electron chi connectivity index (χ4n) is 1.60. The number of rotatable bonds is 4. The third kappa shape index (κ3) is 3.56. The zero-order valence-electron chi connectivity index (χ0n) is 9.99. The highest BCUT2D eigenvalue weighted by Crippen LogP contribution is 2.27. The highest BCUT2D eigenvalue weighted by atomic mass is 79.9. The fraction of sp³-hybridized carbons (Fsp3) is 0.214. The van der Waals surface area contributed by atoms with E-state index in [1.807, 2.05) is 31.5 Å². The lowest BCUT2D eigenvalue weighted by molar-refractivity contribution is 0.303. The average Bonchev–Trinajstić information content (AvgIpc) is 2.37. The minimum atomic E-state index is 0.529. The molecular formula is C14H13Br2NO. The third-order valence-corrected chi connectivity index (χ3v) is 3.74. The van der Waals surface area contributed by atoms with E-state index >= 15 is 0 Å². The lowest BCUT2D eigenvalue weighted by atomic mass is 10.2. The molecule has 0 bridgehead atoms. The first-order valence-electron chi connectivity index (χ1n) is 5.57. The molecule has 0 aliphatic heterocycles. The van der Waals surface area contributed by atoms with E-state index in [9.17, 15) is 0 Å². The van der Waals surface area contributed by atoms with Crippen LogP contribution >= 0.6 is 31.9 Å². The van der Waals surface area contributed by atoms with Gasteiger partial charge in [-0.25, -0.2) is 0 Å². The number of ether oxygens (including phenoxy) is 1. The molecular weight excluding hydrogens is 358 g/mol. The molecule has 94 valence electrons. The van der Waals surface area contributed by atoms with Gasteiger partial charge in [0, 0.05) is 23.3 Å². The molecule has 0 saturated heterocycles. The molecule has 2 nitrogen and oxygen atoms in total. The second-order valence-corrected chi connectivity index (χ2v) is 5.47. The smallest absolute Gasteiger partial charge is 0.134 e. The number of nitrogens with zero attached hydrogens (tertiary/aromatic N) is 1. The standard InChI is InChI=1S/C14H13Br2NO/c1-10-4-12(8-17-7-10)9-18-14-3-2-11(6-15)5-13(14)16/h2-5,7-8H,6,9H2,1H3. The second-order valence-electron chi connectivity index (χ2n) is 4.06. The topological polar surface area (TPSA) is 22.1 Å². The Hall–Kier alpha value is -0.870. The Labute approximate surface area is 124 Å². The summed E-state index contributed by atoms with van der Waals surface area (Å²) in [5.41, 5.74) is 3.43. The fourth-order valence-corrected chi connectivity index (χ4v) is 2.49. The summed E-state index contributed by atoms with van der Waals surface area (Å²) >= 11 is 6.94. The van der Waals surface area contributed by atoms with Crippen molar-refractivity contribution in [3.63, 3.8) is 0 Å². The molecule has 1 aromatic heterocycles. The molecule has 1 heterocycles. The molecule has 2 aromatic rings. The molecule has 0 aliphatic carbocycles. The van der Waals surface area contributed by atoms with Gasteiger partial charge < -0.3 is 4.74 Å². The molecule has 1 aromatic carbocycles. The molecule has 0 N–H and O–H groups in total. The first-order valence-corrected chi connectivity index (χ1v) is 7.48. The Morgan fingerprint density at radius 2 is 2.00 bits per heavy atom.